The summed E-state index contributed by atoms with van der Waals surface area (Å²) in [6.07, 6.45) is 5.10. The van der Waals surface area contributed by atoms with Gasteiger partial charge >= 0.3 is 0 Å². The summed E-state index contributed by atoms with van der Waals surface area (Å²) in [4.78, 5) is 16.0. The van der Waals surface area contributed by atoms with Crippen LogP contribution in [0, 0.1) is 0 Å². The molecule has 1 aliphatic heterocycles. The van der Waals surface area contributed by atoms with Crippen LogP contribution in [0.15, 0.2) is 41.8 Å². The molecule has 0 spiro atoms. The molecule has 0 saturated carbocycles. The van der Waals surface area contributed by atoms with Gasteiger partial charge in [-0.25, -0.2) is 8.42 Å². The molecule has 0 N–H and O–H groups in total. The summed E-state index contributed by atoms with van der Waals surface area (Å²) in [6, 6.07) is 10.8. The van der Waals surface area contributed by atoms with Crippen molar-refractivity contribution < 1.29 is 17.9 Å². The molecule has 1 saturated heterocycles. The zero-order valence-electron chi connectivity index (χ0n) is 16.9. The van der Waals surface area contributed by atoms with E-state index in [2.05, 4.69) is 6.92 Å². The van der Waals surface area contributed by atoms with Gasteiger partial charge in [-0.3, -0.25) is 4.79 Å². The number of hydrogen-bond donors (Lipinski definition) is 0. The topological polar surface area (TPSA) is 63.7 Å². The Morgan fingerprint density at radius 1 is 1.17 bits per heavy atom. The number of carbonyl (C=O) groups excluding carboxylic acids is 1. The maximum atomic E-state index is 13.2. The second kappa shape index (κ2) is 10.3. The summed E-state index contributed by atoms with van der Waals surface area (Å²) in [6.45, 7) is 3.30. The van der Waals surface area contributed by atoms with Crippen molar-refractivity contribution in [2.75, 3.05) is 18.1 Å². The van der Waals surface area contributed by atoms with Crippen LogP contribution in [0.3, 0.4) is 0 Å². The lowest BCUT2D eigenvalue weighted by atomic mass is 10.1. The van der Waals surface area contributed by atoms with E-state index in [4.69, 9.17) is 4.74 Å². The number of benzene rings is 1. The molecule has 0 unspecified atom stereocenters. The van der Waals surface area contributed by atoms with Gasteiger partial charge in [-0.1, -0.05) is 32.3 Å². The Bertz CT molecular complexity index is 876. The summed E-state index contributed by atoms with van der Waals surface area (Å²) in [5.41, 5.74) is 0.559. The van der Waals surface area contributed by atoms with Crippen molar-refractivity contribution >= 4 is 27.1 Å². The Balaban J connectivity index is 1.67. The highest BCUT2D eigenvalue weighted by molar-refractivity contribution is 7.91. The lowest BCUT2D eigenvalue weighted by Crippen LogP contribution is -2.40. The van der Waals surface area contributed by atoms with E-state index in [0.29, 0.717) is 25.1 Å². The summed E-state index contributed by atoms with van der Waals surface area (Å²) in [5, 5.41) is 1.97. The molecule has 1 aromatic carbocycles. The van der Waals surface area contributed by atoms with Crippen molar-refractivity contribution in [2.45, 2.75) is 51.6 Å². The largest absolute Gasteiger partial charge is 0.494 e. The zero-order chi connectivity index (χ0) is 20.7. The van der Waals surface area contributed by atoms with E-state index in [0.717, 1.165) is 23.5 Å². The molecule has 29 heavy (non-hydrogen) atoms. The number of thiophene rings is 1. The van der Waals surface area contributed by atoms with E-state index < -0.39 is 9.84 Å². The number of rotatable bonds is 10. The Kier molecular flexibility index (Phi) is 7.72. The van der Waals surface area contributed by atoms with Crippen LogP contribution in [0.1, 0.15) is 54.3 Å². The fourth-order valence-electron chi connectivity index (χ4n) is 3.54. The molecule has 3 rings (SSSR count). The molecule has 5 nitrogen and oxygen atoms in total. The summed E-state index contributed by atoms with van der Waals surface area (Å²) >= 11 is 1.58. The predicted molar refractivity (Wildman–Crippen MR) is 117 cm³/mol. The highest BCUT2D eigenvalue weighted by Gasteiger charge is 2.35. The first-order valence-corrected chi connectivity index (χ1v) is 13.0. The summed E-state index contributed by atoms with van der Waals surface area (Å²) in [7, 11) is -3.07. The number of carbonyl (C=O) groups is 1. The van der Waals surface area contributed by atoms with Crippen LogP contribution in [0.5, 0.6) is 5.75 Å². The average Bonchev–Trinajstić information content (AvgIpc) is 3.35. The van der Waals surface area contributed by atoms with Gasteiger partial charge in [0.05, 0.1) is 24.7 Å². The minimum Gasteiger partial charge on any atom is -0.494 e. The van der Waals surface area contributed by atoms with E-state index >= 15 is 0 Å². The molecule has 1 amide bonds. The number of sulfone groups is 1. The van der Waals surface area contributed by atoms with Gasteiger partial charge in [0.15, 0.2) is 9.84 Å². The molecule has 2 aromatic rings. The maximum absolute atomic E-state index is 13.2. The monoisotopic (exact) mass is 435 g/mol. The van der Waals surface area contributed by atoms with Crippen LogP contribution in [0.2, 0.25) is 0 Å². The third kappa shape index (κ3) is 6.31. The van der Waals surface area contributed by atoms with Crippen LogP contribution in [-0.4, -0.2) is 43.4 Å². The van der Waals surface area contributed by atoms with Crippen molar-refractivity contribution in [3.05, 3.63) is 52.2 Å². The van der Waals surface area contributed by atoms with Gasteiger partial charge in [-0.15, -0.1) is 11.3 Å². The molecular weight excluding hydrogens is 406 g/mol. The molecule has 0 aliphatic carbocycles. The van der Waals surface area contributed by atoms with Crippen molar-refractivity contribution in [2.24, 2.45) is 0 Å². The molecule has 0 bridgehead atoms. The lowest BCUT2D eigenvalue weighted by Gasteiger charge is -2.28. The lowest BCUT2D eigenvalue weighted by molar-refractivity contribution is 0.0683. The number of hydrogen-bond acceptors (Lipinski definition) is 5. The standard InChI is InChI=1S/C22H29NO4S2/c1-2-3-4-5-13-27-20-10-8-18(9-11-20)22(24)23(16-21-7-6-14-28-21)19-12-15-29(25,26)17-19/h6-11,14,19H,2-5,12-13,15-17H2,1H3/t19-/m0/s1. The third-order valence-corrected chi connectivity index (χ3v) is 7.80. The molecule has 2 heterocycles. The van der Waals surface area contributed by atoms with E-state index in [9.17, 15) is 13.2 Å². The first-order valence-electron chi connectivity index (χ1n) is 10.2. The quantitative estimate of drug-likeness (QED) is 0.514. The Hall–Kier alpha value is -1.86. The van der Waals surface area contributed by atoms with Crippen molar-refractivity contribution in [3.63, 3.8) is 0 Å². The molecule has 7 heteroatoms. The van der Waals surface area contributed by atoms with Crippen LogP contribution >= 0.6 is 11.3 Å². The van der Waals surface area contributed by atoms with Crippen molar-refractivity contribution in [1.82, 2.24) is 4.90 Å². The third-order valence-electron chi connectivity index (χ3n) is 5.18. The summed E-state index contributed by atoms with van der Waals surface area (Å²) in [5.74, 6) is 0.820. The van der Waals surface area contributed by atoms with E-state index in [-0.39, 0.29) is 23.5 Å². The Morgan fingerprint density at radius 2 is 1.97 bits per heavy atom. The fourth-order valence-corrected chi connectivity index (χ4v) is 5.97. The van der Waals surface area contributed by atoms with Gasteiger partial charge in [0.2, 0.25) is 0 Å². The number of nitrogens with zero attached hydrogens (tertiary/aromatic N) is 1. The SMILES string of the molecule is CCCCCCOc1ccc(C(=O)N(Cc2cccs2)[C@H]2CCS(=O)(=O)C2)cc1. The number of unbranched alkanes of at least 4 members (excludes halogenated alkanes) is 3. The Labute approximate surface area is 177 Å². The van der Waals surface area contributed by atoms with Gasteiger partial charge in [0.25, 0.3) is 5.91 Å². The first kappa shape index (κ1) is 21.8. The minimum absolute atomic E-state index is 0.0447. The van der Waals surface area contributed by atoms with Gasteiger partial charge in [0.1, 0.15) is 5.75 Å². The van der Waals surface area contributed by atoms with Gasteiger partial charge in [-0.2, -0.15) is 0 Å². The molecular formula is C22H29NO4S2. The van der Waals surface area contributed by atoms with E-state index in [1.165, 1.54) is 12.8 Å². The molecule has 1 aromatic heterocycles. The molecule has 0 radical (unpaired) electrons. The maximum Gasteiger partial charge on any atom is 0.254 e. The number of amides is 1. The fraction of sp³-hybridized carbons (Fsp3) is 0.500. The van der Waals surface area contributed by atoms with Gasteiger partial charge in [-0.05, 0) is 48.6 Å². The molecule has 1 fully saturated rings. The normalized spacial score (nSPS) is 17.9. The molecule has 1 atom stereocenters. The second-order valence-corrected chi connectivity index (χ2v) is 10.8. The Morgan fingerprint density at radius 3 is 2.59 bits per heavy atom. The zero-order valence-corrected chi connectivity index (χ0v) is 18.5. The van der Waals surface area contributed by atoms with E-state index in [1.54, 1.807) is 28.4 Å². The van der Waals surface area contributed by atoms with Crippen molar-refractivity contribution in [3.8, 4) is 5.75 Å². The molecule has 1 aliphatic rings. The van der Waals surface area contributed by atoms with E-state index in [1.807, 2.05) is 29.6 Å². The average molecular weight is 436 g/mol. The molecule has 158 valence electrons. The van der Waals surface area contributed by atoms with Crippen LogP contribution in [0.25, 0.3) is 0 Å². The number of ether oxygens (including phenoxy) is 1. The highest BCUT2D eigenvalue weighted by Crippen LogP contribution is 2.24. The predicted octanol–water partition coefficient (Wildman–Crippen LogP) is 4.54. The smallest absolute Gasteiger partial charge is 0.254 e. The van der Waals surface area contributed by atoms with Crippen LogP contribution in [0.4, 0.5) is 0 Å². The van der Waals surface area contributed by atoms with Crippen molar-refractivity contribution in [1.29, 1.82) is 0 Å². The summed E-state index contributed by atoms with van der Waals surface area (Å²) < 4.78 is 29.7. The minimum atomic E-state index is -3.07. The van der Waals surface area contributed by atoms with Crippen LogP contribution < -0.4 is 4.74 Å². The van der Waals surface area contributed by atoms with Gasteiger partial charge in [0, 0.05) is 16.5 Å². The second-order valence-electron chi connectivity index (χ2n) is 7.50. The van der Waals surface area contributed by atoms with Crippen LogP contribution in [-0.2, 0) is 16.4 Å². The first-order chi connectivity index (χ1) is 14.0. The van der Waals surface area contributed by atoms with Gasteiger partial charge < -0.3 is 9.64 Å². The highest BCUT2D eigenvalue weighted by atomic mass is 32.2.